The van der Waals surface area contributed by atoms with Crippen molar-refractivity contribution in [3.63, 3.8) is 0 Å². The number of carboxylic acid groups (broad SMARTS) is 1. The first-order valence-electron chi connectivity index (χ1n) is 8.19. The van der Waals surface area contributed by atoms with Gasteiger partial charge in [0.2, 0.25) is 0 Å². The highest BCUT2D eigenvalue weighted by Gasteiger charge is 2.24. The minimum absolute atomic E-state index is 0.0437. The van der Waals surface area contributed by atoms with Crippen molar-refractivity contribution in [3.05, 3.63) is 69.3 Å². The largest absolute Gasteiger partial charge is 0.478 e. The van der Waals surface area contributed by atoms with Crippen molar-refractivity contribution in [2.75, 3.05) is 5.32 Å². The van der Waals surface area contributed by atoms with Crippen LogP contribution in [0.1, 0.15) is 42.3 Å². The molecule has 2 aromatic carbocycles. The Labute approximate surface area is 161 Å². The van der Waals surface area contributed by atoms with Crippen molar-refractivity contribution in [2.24, 2.45) is 0 Å². The molecule has 2 rings (SSSR count). The van der Waals surface area contributed by atoms with Crippen LogP contribution in [-0.4, -0.2) is 27.7 Å². The van der Waals surface area contributed by atoms with Crippen molar-refractivity contribution < 1.29 is 24.4 Å². The molecular formula is C20H18N2O6. The first-order chi connectivity index (χ1) is 13.1. The zero-order valence-electron chi connectivity index (χ0n) is 15.5. The zero-order chi connectivity index (χ0) is 20.9. The fourth-order valence-corrected chi connectivity index (χ4v) is 2.19. The number of nitrogens with one attached hydrogen (secondary N) is 1. The molecule has 0 spiro atoms. The number of hydrogen-bond acceptors (Lipinski definition) is 5. The van der Waals surface area contributed by atoms with Crippen LogP contribution in [0.4, 0.5) is 16.2 Å². The van der Waals surface area contributed by atoms with E-state index >= 15 is 0 Å². The van der Waals surface area contributed by atoms with Gasteiger partial charge in [-0.2, -0.15) is 0 Å². The third-order valence-corrected chi connectivity index (χ3v) is 3.31. The maximum absolute atomic E-state index is 11.9. The molecule has 0 saturated carbocycles. The van der Waals surface area contributed by atoms with E-state index < -0.39 is 28.3 Å². The van der Waals surface area contributed by atoms with Gasteiger partial charge in [0.25, 0.3) is 5.69 Å². The predicted molar refractivity (Wildman–Crippen MR) is 102 cm³/mol. The van der Waals surface area contributed by atoms with Gasteiger partial charge < -0.3 is 9.84 Å². The first-order valence-corrected chi connectivity index (χ1v) is 8.19. The van der Waals surface area contributed by atoms with Crippen LogP contribution in [0.25, 0.3) is 0 Å². The van der Waals surface area contributed by atoms with Crippen LogP contribution >= 0.6 is 0 Å². The number of aromatic carboxylic acids is 1. The number of amides is 1. The number of anilines is 1. The molecule has 144 valence electrons. The Hall–Kier alpha value is -3.86. The number of nitro groups is 1. The summed E-state index contributed by atoms with van der Waals surface area (Å²) >= 11 is 0. The summed E-state index contributed by atoms with van der Waals surface area (Å²) in [6, 6.07) is 10.8. The van der Waals surface area contributed by atoms with Gasteiger partial charge in [-0.15, -0.1) is 0 Å². The summed E-state index contributed by atoms with van der Waals surface area (Å²) in [5.74, 6) is 4.08. The van der Waals surface area contributed by atoms with Crippen LogP contribution in [0.15, 0.2) is 42.5 Å². The highest BCUT2D eigenvalue weighted by atomic mass is 16.6. The van der Waals surface area contributed by atoms with Crippen LogP contribution in [0.2, 0.25) is 0 Å². The molecule has 0 unspecified atom stereocenters. The van der Waals surface area contributed by atoms with Gasteiger partial charge in [-0.05, 0) is 39.0 Å². The normalized spacial score (nSPS) is 10.4. The minimum atomic E-state index is -1.33. The SMILES string of the molecule is CC(C)(C)OC(=O)Nc1cc(C(=O)O)c(C#Cc2ccccc2)cc1[N+](=O)[O-]. The van der Waals surface area contributed by atoms with E-state index in [0.29, 0.717) is 5.56 Å². The van der Waals surface area contributed by atoms with Crippen molar-refractivity contribution in [2.45, 2.75) is 26.4 Å². The molecule has 0 heterocycles. The van der Waals surface area contributed by atoms with E-state index in [9.17, 15) is 24.8 Å². The van der Waals surface area contributed by atoms with Crippen LogP contribution in [0.3, 0.4) is 0 Å². The maximum Gasteiger partial charge on any atom is 0.412 e. The van der Waals surface area contributed by atoms with Crippen molar-refractivity contribution in [1.82, 2.24) is 0 Å². The molecule has 8 nitrogen and oxygen atoms in total. The molecule has 0 saturated heterocycles. The number of ether oxygens (including phenoxy) is 1. The average molecular weight is 382 g/mol. The van der Waals surface area contributed by atoms with Gasteiger partial charge >= 0.3 is 12.1 Å². The van der Waals surface area contributed by atoms with E-state index in [4.69, 9.17) is 4.74 Å². The van der Waals surface area contributed by atoms with E-state index in [0.717, 1.165) is 12.1 Å². The number of rotatable bonds is 3. The second-order valence-corrected chi connectivity index (χ2v) is 6.72. The van der Waals surface area contributed by atoms with Gasteiger partial charge in [0.05, 0.1) is 10.5 Å². The number of carboxylic acids is 1. The zero-order valence-corrected chi connectivity index (χ0v) is 15.5. The standard InChI is InChI=1S/C20H18N2O6/c1-20(2,3)28-19(25)21-16-12-15(18(23)24)14(11-17(16)22(26)27)10-9-13-7-5-4-6-8-13/h4-8,11-12H,1-3H3,(H,21,25)(H,23,24). The van der Waals surface area contributed by atoms with Crippen LogP contribution in [-0.2, 0) is 4.74 Å². The molecule has 0 aliphatic carbocycles. The average Bonchev–Trinajstić information content (AvgIpc) is 2.59. The third kappa shape index (κ3) is 5.57. The van der Waals surface area contributed by atoms with Crippen molar-refractivity contribution >= 4 is 23.4 Å². The number of carbonyl (C=O) groups is 2. The van der Waals surface area contributed by atoms with Gasteiger partial charge in [0.1, 0.15) is 11.3 Å². The maximum atomic E-state index is 11.9. The third-order valence-electron chi connectivity index (χ3n) is 3.31. The number of benzene rings is 2. The summed E-state index contributed by atoms with van der Waals surface area (Å²) in [6.45, 7) is 4.89. The summed E-state index contributed by atoms with van der Waals surface area (Å²) < 4.78 is 5.06. The molecule has 8 heteroatoms. The number of nitro benzene ring substituents is 1. The summed E-state index contributed by atoms with van der Waals surface area (Å²) in [7, 11) is 0. The highest BCUT2D eigenvalue weighted by Crippen LogP contribution is 2.29. The van der Waals surface area contributed by atoms with Gasteiger partial charge in [0, 0.05) is 17.2 Å². The molecule has 0 radical (unpaired) electrons. The van der Waals surface area contributed by atoms with E-state index in [2.05, 4.69) is 17.2 Å². The lowest BCUT2D eigenvalue weighted by molar-refractivity contribution is -0.383. The molecule has 0 aliphatic heterocycles. The summed E-state index contributed by atoms with van der Waals surface area (Å²) in [5.41, 5.74) is -1.30. The Morgan fingerprint density at radius 3 is 2.32 bits per heavy atom. The monoisotopic (exact) mass is 382 g/mol. The predicted octanol–water partition coefficient (Wildman–Crippen LogP) is 4.04. The van der Waals surface area contributed by atoms with Crippen LogP contribution in [0.5, 0.6) is 0 Å². The van der Waals surface area contributed by atoms with Crippen LogP contribution < -0.4 is 5.32 Å². The first kappa shape index (κ1) is 20.5. The lowest BCUT2D eigenvalue weighted by Gasteiger charge is -2.19. The number of nitrogens with zero attached hydrogens (tertiary/aromatic N) is 1. The molecule has 2 N–H and O–H groups in total. The minimum Gasteiger partial charge on any atom is -0.478 e. The molecular weight excluding hydrogens is 364 g/mol. The molecule has 0 atom stereocenters. The smallest absolute Gasteiger partial charge is 0.412 e. The molecule has 2 aromatic rings. The fourth-order valence-electron chi connectivity index (χ4n) is 2.19. The second-order valence-electron chi connectivity index (χ2n) is 6.72. The topological polar surface area (TPSA) is 119 Å². The quantitative estimate of drug-likeness (QED) is 0.470. The van der Waals surface area contributed by atoms with Crippen molar-refractivity contribution in [3.8, 4) is 11.8 Å². The Bertz CT molecular complexity index is 981. The molecule has 0 aliphatic rings. The Balaban J connectivity index is 2.50. The van der Waals surface area contributed by atoms with E-state index in [1.165, 1.54) is 0 Å². The number of hydrogen-bond donors (Lipinski definition) is 2. The van der Waals surface area contributed by atoms with E-state index in [1.807, 2.05) is 0 Å². The second kappa shape index (κ2) is 8.22. The Morgan fingerprint density at radius 2 is 1.79 bits per heavy atom. The van der Waals surface area contributed by atoms with Gasteiger partial charge in [-0.1, -0.05) is 30.0 Å². The van der Waals surface area contributed by atoms with E-state index in [-0.39, 0.29) is 16.8 Å². The highest BCUT2D eigenvalue weighted by molar-refractivity contribution is 5.96. The lowest BCUT2D eigenvalue weighted by Crippen LogP contribution is -2.27. The molecule has 1 amide bonds. The molecule has 0 bridgehead atoms. The van der Waals surface area contributed by atoms with Gasteiger partial charge in [-0.25, -0.2) is 9.59 Å². The van der Waals surface area contributed by atoms with Gasteiger partial charge in [0.15, 0.2) is 0 Å². The number of carbonyl (C=O) groups excluding carboxylic acids is 1. The molecule has 0 fully saturated rings. The van der Waals surface area contributed by atoms with Crippen molar-refractivity contribution in [1.29, 1.82) is 0 Å². The summed E-state index contributed by atoms with van der Waals surface area (Å²) in [6.07, 6.45) is -0.935. The fraction of sp³-hybridized carbons (Fsp3) is 0.200. The molecule has 28 heavy (non-hydrogen) atoms. The summed E-state index contributed by atoms with van der Waals surface area (Å²) in [5, 5.41) is 23.1. The van der Waals surface area contributed by atoms with Crippen LogP contribution in [0, 0.1) is 22.0 Å². The van der Waals surface area contributed by atoms with E-state index in [1.54, 1.807) is 51.1 Å². The lowest BCUT2D eigenvalue weighted by atomic mass is 10.0. The van der Waals surface area contributed by atoms with Gasteiger partial charge in [-0.3, -0.25) is 15.4 Å². The summed E-state index contributed by atoms with van der Waals surface area (Å²) in [4.78, 5) is 34.2. The Kier molecular flexibility index (Phi) is 6.01. The molecule has 0 aromatic heterocycles. The Morgan fingerprint density at radius 1 is 1.14 bits per heavy atom.